The molecule has 1 rings (SSSR count). The van der Waals surface area contributed by atoms with Crippen molar-refractivity contribution in [3.05, 3.63) is 0 Å². The molecule has 0 aliphatic carbocycles. The lowest BCUT2D eigenvalue weighted by Crippen LogP contribution is -2.48. The average molecular weight is 259 g/mol. The molecule has 1 saturated heterocycles. The fourth-order valence-corrected chi connectivity index (χ4v) is 1.79. The zero-order chi connectivity index (χ0) is 14.0. The molecule has 1 amide bonds. The number of rotatable bonds is 5. The van der Waals surface area contributed by atoms with Crippen LogP contribution < -0.4 is 5.32 Å². The van der Waals surface area contributed by atoms with Crippen LogP contribution in [0.3, 0.4) is 0 Å². The second-order valence-electron chi connectivity index (χ2n) is 5.51. The standard InChI is InChI=1S/C12H21NO5/c1-8-12(17,4-5-18-8)7-13-9(14)6-11(2,3)10(15)16/h8,17H,4-7H2,1-3H3,(H,13,14)(H,15,16). The number of amides is 1. The van der Waals surface area contributed by atoms with E-state index in [1.54, 1.807) is 6.92 Å². The molecule has 0 bridgehead atoms. The first-order chi connectivity index (χ1) is 8.17. The summed E-state index contributed by atoms with van der Waals surface area (Å²) in [6, 6.07) is 0. The van der Waals surface area contributed by atoms with E-state index in [1.807, 2.05) is 0 Å². The summed E-state index contributed by atoms with van der Waals surface area (Å²) in [5.74, 6) is -1.40. The second-order valence-corrected chi connectivity index (χ2v) is 5.51. The van der Waals surface area contributed by atoms with Crippen LogP contribution in [0.25, 0.3) is 0 Å². The minimum atomic E-state index is -1.11. The molecular formula is C12H21NO5. The third-order valence-electron chi connectivity index (χ3n) is 3.43. The molecular weight excluding hydrogens is 238 g/mol. The summed E-state index contributed by atoms with van der Waals surface area (Å²) < 4.78 is 5.24. The smallest absolute Gasteiger partial charge is 0.309 e. The molecule has 6 nitrogen and oxygen atoms in total. The number of ether oxygens (including phenoxy) is 1. The Hall–Kier alpha value is -1.14. The lowest BCUT2D eigenvalue weighted by molar-refractivity contribution is -0.149. The van der Waals surface area contributed by atoms with Gasteiger partial charge < -0.3 is 20.3 Å². The first kappa shape index (κ1) is 14.9. The Labute approximate surface area is 106 Å². The van der Waals surface area contributed by atoms with E-state index in [0.717, 1.165) is 0 Å². The number of aliphatic carboxylic acids is 1. The molecule has 0 aromatic heterocycles. The summed E-state index contributed by atoms with van der Waals surface area (Å²) in [5.41, 5.74) is -2.16. The van der Waals surface area contributed by atoms with E-state index in [1.165, 1.54) is 13.8 Å². The molecule has 2 atom stereocenters. The first-order valence-corrected chi connectivity index (χ1v) is 6.01. The molecule has 0 spiro atoms. The van der Waals surface area contributed by atoms with Gasteiger partial charge in [-0.2, -0.15) is 0 Å². The SMILES string of the molecule is CC1OCCC1(O)CNC(=O)CC(C)(C)C(=O)O. The topological polar surface area (TPSA) is 95.9 Å². The van der Waals surface area contributed by atoms with Crippen molar-refractivity contribution in [3.63, 3.8) is 0 Å². The van der Waals surface area contributed by atoms with Crippen LogP contribution in [-0.2, 0) is 14.3 Å². The van der Waals surface area contributed by atoms with Gasteiger partial charge in [-0.3, -0.25) is 9.59 Å². The normalized spacial score (nSPS) is 28.1. The van der Waals surface area contributed by atoms with Gasteiger partial charge in [-0.1, -0.05) is 0 Å². The maximum atomic E-state index is 11.6. The van der Waals surface area contributed by atoms with Gasteiger partial charge >= 0.3 is 5.97 Å². The first-order valence-electron chi connectivity index (χ1n) is 6.01. The van der Waals surface area contributed by atoms with E-state index in [0.29, 0.717) is 13.0 Å². The van der Waals surface area contributed by atoms with Crippen molar-refractivity contribution in [3.8, 4) is 0 Å². The Balaban J connectivity index is 2.45. The molecule has 2 unspecified atom stereocenters. The van der Waals surface area contributed by atoms with Crippen LogP contribution in [0.4, 0.5) is 0 Å². The van der Waals surface area contributed by atoms with Crippen LogP contribution in [0.1, 0.15) is 33.6 Å². The van der Waals surface area contributed by atoms with E-state index in [4.69, 9.17) is 9.84 Å². The number of aliphatic hydroxyl groups is 1. The van der Waals surface area contributed by atoms with Crippen LogP contribution in [0.2, 0.25) is 0 Å². The van der Waals surface area contributed by atoms with Gasteiger partial charge in [0, 0.05) is 26.0 Å². The highest BCUT2D eigenvalue weighted by Crippen LogP contribution is 2.25. The minimum Gasteiger partial charge on any atom is -0.481 e. The third kappa shape index (κ3) is 3.43. The minimum absolute atomic E-state index is 0.0860. The van der Waals surface area contributed by atoms with Crippen molar-refractivity contribution in [1.29, 1.82) is 0 Å². The molecule has 0 saturated carbocycles. The average Bonchev–Trinajstić information content (AvgIpc) is 2.56. The van der Waals surface area contributed by atoms with Crippen molar-refractivity contribution in [2.24, 2.45) is 5.41 Å². The Morgan fingerprint density at radius 2 is 2.11 bits per heavy atom. The molecule has 6 heteroatoms. The maximum Gasteiger partial charge on any atom is 0.309 e. The number of hydrogen-bond donors (Lipinski definition) is 3. The third-order valence-corrected chi connectivity index (χ3v) is 3.43. The summed E-state index contributed by atoms with van der Waals surface area (Å²) in [5, 5.41) is 21.6. The monoisotopic (exact) mass is 259 g/mol. The van der Waals surface area contributed by atoms with Crippen molar-refractivity contribution in [1.82, 2.24) is 5.32 Å². The summed E-state index contributed by atoms with van der Waals surface area (Å²) in [6.45, 7) is 5.28. The molecule has 0 radical (unpaired) electrons. The summed E-state index contributed by atoms with van der Waals surface area (Å²) >= 11 is 0. The van der Waals surface area contributed by atoms with Crippen LogP contribution in [0, 0.1) is 5.41 Å². The van der Waals surface area contributed by atoms with Gasteiger partial charge in [0.15, 0.2) is 0 Å². The van der Waals surface area contributed by atoms with Gasteiger partial charge in [-0.15, -0.1) is 0 Å². The van der Waals surface area contributed by atoms with Gasteiger partial charge in [0.25, 0.3) is 0 Å². The second kappa shape index (κ2) is 5.24. The van der Waals surface area contributed by atoms with Crippen molar-refractivity contribution >= 4 is 11.9 Å². The molecule has 1 fully saturated rings. The van der Waals surface area contributed by atoms with Crippen LogP contribution >= 0.6 is 0 Å². The van der Waals surface area contributed by atoms with Crippen molar-refractivity contribution < 1.29 is 24.5 Å². The van der Waals surface area contributed by atoms with Crippen LogP contribution in [-0.4, -0.2) is 46.9 Å². The van der Waals surface area contributed by atoms with Crippen molar-refractivity contribution in [2.45, 2.75) is 45.3 Å². The molecule has 3 N–H and O–H groups in total. The quantitative estimate of drug-likeness (QED) is 0.653. The zero-order valence-corrected chi connectivity index (χ0v) is 11.0. The number of hydrogen-bond acceptors (Lipinski definition) is 4. The summed E-state index contributed by atoms with van der Waals surface area (Å²) in [7, 11) is 0. The molecule has 0 aromatic carbocycles. The molecule has 1 heterocycles. The predicted molar refractivity (Wildman–Crippen MR) is 64.0 cm³/mol. The van der Waals surface area contributed by atoms with Gasteiger partial charge in [-0.05, 0) is 20.8 Å². The number of carbonyl (C=O) groups excluding carboxylic acids is 1. The fraction of sp³-hybridized carbons (Fsp3) is 0.833. The Morgan fingerprint density at radius 1 is 1.50 bits per heavy atom. The highest BCUT2D eigenvalue weighted by molar-refractivity contribution is 5.84. The summed E-state index contributed by atoms with van der Waals surface area (Å²) in [4.78, 5) is 22.5. The van der Waals surface area contributed by atoms with Gasteiger partial charge in [0.1, 0.15) is 5.60 Å². The lowest BCUT2D eigenvalue weighted by atomic mass is 9.89. The number of carbonyl (C=O) groups is 2. The fourth-order valence-electron chi connectivity index (χ4n) is 1.79. The molecule has 18 heavy (non-hydrogen) atoms. The predicted octanol–water partition coefficient (Wildman–Crippen LogP) is 0.143. The molecule has 1 aliphatic rings. The summed E-state index contributed by atoms with van der Waals surface area (Å²) in [6.07, 6.45) is 0.0232. The van der Waals surface area contributed by atoms with E-state index < -0.39 is 17.0 Å². The van der Waals surface area contributed by atoms with E-state index >= 15 is 0 Å². The number of carboxylic acids is 1. The lowest BCUT2D eigenvalue weighted by Gasteiger charge is -2.27. The molecule has 1 aliphatic heterocycles. The van der Waals surface area contributed by atoms with E-state index in [-0.39, 0.29) is 25.0 Å². The van der Waals surface area contributed by atoms with Crippen molar-refractivity contribution in [2.75, 3.05) is 13.2 Å². The van der Waals surface area contributed by atoms with Gasteiger partial charge in [0.05, 0.1) is 11.5 Å². The highest BCUT2D eigenvalue weighted by atomic mass is 16.5. The van der Waals surface area contributed by atoms with Gasteiger partial charge in [0.2, 0.25) is 5.91 Å². The Kier molecular flexibility index (Phi) is 4.34. The van der Waals surface area contributed by atoms with Crippen LogP contribution in [0.15, 0.2) is 0 Å². The number of nitrogens with one attached hydrogen (secondary N) is 1. The van der Waals surface area contributed by atoms with E-state index in [9.17, 15) is 14.7 Å². The number of carboxylic acid groups (broad SMARTS) is 1. The van der Waals surface area contributed by atoms with E-state index in [2.05, 4.69) is 5.32 Å². The van der Waals surface area contributed by atoms with Gasteiger partial charge in [-0.25, -0.2) is 0 Å². The maximum absolute atomic E-state index is 11.6. The largest absolute Gasteiger partial charge is 0.481 e. The Morgan fingerprint density at radius 3 is 2.56 bits per heavy atom. The highest BCUT2D eigenvalue weighted by Gasteiger charge is 2.40. The Bertz CT molecular complexity index is 341. The molecule has 104 valence electrons. The van der Waals surface area contributed by atoms with Crippen LogP contribution in [0.5, 0.6) is 0 Å². The molecule has 0 aromatic rings. The zero-order valence-electron chi connectivity index (χ0n) is 11.0.